The first-order valence-electron chi connectivity index (χ1n) is 7.78. The van der Waals surface area contributed by atoms with Crippen LogP contribution in [0, 0.1) is 10.1 Å². The maximum atomic E-state index is 12.9. The van der Waals surface area contributed by atoms with Crippen LogP contribution in [-0.4, -0.2) is 17.3 Å². The van der Waals surface area contributed by atoms with Gasteiger partial charge in [0.05, 0.1) is 9.82 Å². The van der Waals surface area contributed by atoms with Gasteiger partial charge >= 0.3 is 0 Å². The van der Waals surface area contributed by atoms with E-state index in [0.29, 0.717) is 5.69 Å². The first-order valence-corrected chi connectivity index (χ1v) is 10.1. The normalized spacial score (nSPS) is 12.7. The summed E-state index contributed by atoms with van der Waals surface area (Å²) in [4.78, 5) is 11.2. The topological polar surface area (TPSA) is 82.2 Å². The van der Waals surface area contributed by atoms with E-state index < -0.39 is 14.9 Å². The van der Waals surface area contributed by atoms with E-state index in [2.05, 4.69) is 0 Å². The zero-order chi connectivity index (χ0) is 18.7. The second-order valence-corrected chi connectivity index (χ2v) is 8.79. The molecule has 0 saturated carbocycles. The minimum atomic E-state index is -3.83. The summed E-state index contributed by atoms with van der Waals surface area (Å²) in [6.07, 6.45) is 1.49. The lowest BCUT2D eigenvalue weighted by Crippen LogP contribution is -2.15. The van der Waals surface area contributed by atoms with Crippen molar-refractivity contribution in [2.75, 3.05) is 0 Å². The lowest BCUT2D eigenvalue weighted by molar-refractivity contribution is -0.384. The summed E-state index contributed by atoms with van der Waals surface area (Å²) in [5.41, 5.74) is 0.488. The molecule has 3 aromatic rings. The highest BCUT2D eigenvalue weighted by atomic mass is 32.2. The average molecular weight is 388 g/mol. The van der Waals surface area contributed by atoms with Crippen LogP contribution < -0.4 is 0 Å². The van der Waals surface area contributed by atoms with Gasteiger partial charge in [-0.1, -0.05) is 18.2 Å². The smallest absolute Gasteiger partial charge is 0.258 e. The van der Waals surface area contributed by atoms with Crippen molar-refractivity contribution in [1.29, 1.82) is 0 Å². The van der Waals surface area contributed by atoms with Gasteiger partial charge in [0.25, 0.3) is 15.7 Å². The molecular formula is C18H16N2O4S2. The molecular weight excluding hydrogens is 372 g/mol. The number of hydrogen-bond acceptors (Lipinski definition) is 5. The largest absolute Gasteiger partial charge is 0.269 e. The van der Waals surface area contributed by atoms with Gasteiger partial charge in [-0.05, 0) is 43.3 Å². The van der Waals surface area contributed by atoms with Crippen LogP contribution in [0.3, 0.4) is 0 Å². The third kappa shape index (κ3) is 3.66. The van der Waals surface area contributed by atoms with Gasteiger partial charge in [0.2, 0.25) is 0 Å². The SMILES string of the molecule is C[C@@H](Sc1ccccc1)c1cccn1S(=O)(=O)c1ccc([N+](=O)[O-])cc1. The Morgan fingerprint density at radius 1 is 1.00 bits per heavy atom. The second kappa shape index (κ2) is 7.35. The Hall–Kier alpha value is -2.58. The number of nitro groups is 1. The van der Waals surface area contributed by atoms with E-state index in [4.69, 9.17) is 0 Å². The number of nitrogens with zero attached hydrogens (tertiary/aromatic N) is 2. The van der Waals surface area contributed by atoms with Crippen molar-refractivity contribution < 1.29 is 13.3 Å². The van der Waals surface area contributed by atoms with Crippen LogP contribution in [0.1, 0.15) is 17.9 Å². The number of thioether (sulfide) groups is 1. The summed E-state index contributed by atoms with van der Waals surface area (Å²) < 4.78 is 27.1. The van der Waals surface area contributed by atoms with Crippen LogP contribution >= 0.6 is 11.8 Å². The summed E-state index contributed by atoms with van der Waals surface area (Å²) in [6, 6.07) is 18.1. The molecule has 0 amide bonds. The van der Waals surface area contributed by atoms with Gasteiger partial charge in [-0.25, -0.2) is 12.4 Å². The molecule has 0 unspecified atom stereocenters. The molecule has 8 heteroatoms. The van der Waals surface area contributed by atoms with Crippen molar-refractivity contribution in [3.63, 3.8) is 0 Å². The molecule has 26 heavy (non-hydrogen) atoms. The minimum absolute atomic E-state index is 0.0115. The predicted molar refractivity (Wildman–Crippen MR) is 101 cm³/mol. The molecule has 0 aliphatic rings. The summed E-state index contributed by atoms with van der Waals surface area (Å²) >= 11 is 1.56. The fourth-order valence-electron chi connectivity index (χ4n) is 2.53. The summed E-state index contributed by atoms with van der Waals surface area (Å²) in [6.45, 7) is 1.94. The van der Waals surface area contributed by atoms with Gasteiger partial charge in [-0.15, -0.1) is 11.8 Å². The van der Waals surface area contributed by atoms with Crippen molar-refractivity contribution in [2.24, 2.45) is 0 Å². The van der Waals surface area contributed by atoms with Crippen molar-refractivity contribution in [3.8, 4) is 0 Å². The number of aromatic nitrogens is 1. The van der Waals surface area contributed by atoms with Crippen LogP contribution in [0.5, 0.6) is 0 Å². The van der Waals surface area contributed by atoms with Gasteiger partial charge in [-0.3, -0.25) is 10.1 Å². The average Bonchev–Trinajstić information content (AvgIpc) is 3.13. The molecule has 1 atom stereocenters. The number of nitro benzene ring substituents is 1. The predicted octanol–water partition coefficient (Wildman–Crippen LogP) is 4.49. The standard InChI is InChI=1S/C18H16N2O4S2/c1-14(25-16-6-3-2-4-7-16)18-8-5-13-19(18)26(23,24)17-11-9-15(10-12-17)20(21)22/h2-14H,1H3/t14-/m1/s1. The number of non-ortho nitro benzene ring substituents is 1. The van der Waals surface area contributed by atoms with Gasteiger partial charge in [0.1, 0.15) is 0 Å². The van der Waals surface area contributed by atoms with Crippen LogP contribution in [-0.2, 0) is 10.0 Å². The van der Waals surface area contributed by atoms with E-state index in [1.165, 1.54) is 34.4 Å². The highest BCUT2D eigenvalue weighted by Crippen LogP contribution is 2.36. The highest BCUT2D eigenvalue weighted by Gasteiger charge is 2.23. The van der Waals surface area contributed by atoms with Crippen LogP contribution in [0.2, 0.25) is 0 Å². The van der Waals surface area contributed by atoms with E-state index in [1.54, 1.807) is 23.9 Å². The summed E-state index contributed by atoms with van der Waals surface area (Å²) in [5.74, 6) is 0. The summed E-state index contributed by atoms with van der Waals surface area (Å²) in [7, 11) is -3.83. The van der Waals surface area contributed by atoms with Crippen LogP contribution in [0.15, 0.2) is 82.7 Å². The van der Waals surface area contributed by atoms with Gasteiger partial charge in [0.15, 0.2) is 0 Å². The van der Waals surface area contributed by atoms with Gasteiger partial charge in [-0.2, -0.15) is 0 Å². The molecule has 134 valence electrons. The van der Waals surface area contributed by atoms with E-state index >= 15 is 0 Å². The molecule has 1 heterocycles. The maximum absolute atomic E-state index is 12.9. The zero-order valence-electron chi connectivity index (χ0n) is 13.8. The van der Waals surface area contributed by atoms with E-state index in [0.717, 1.165) is 4.90 Å². The highest BCUT2D eigenvalue weighted by molar-refractivity contribution is 7.99. The van der Waals surface area contributed by atoms with Crippen molar-refractivity contribution >= 4 is 27.5 Å². The minimum Gasteiger partial charge on any atom is -0.258 e. The Kier molecular flexibility index (Phi) is 5.15. The van der Waals surface area contributed by atoms with E-state index in [9.17, 15) is 18.5 Å². The van der Waals surface area contributed by atoms with Gasteiger partial charge in [0, 0.05) is 34.2 Å². The molecule has 0 saturated heterocycles. The molecule has 0 fully saturated rings. The molecule has 1 aromatic heterocycles. The molecule has 0 N–H and O–H groups in total. The first kappa shape index (κ1) is 18.2. The molecule has 6 nitrogen and oxygen atoms in total. The Morgan fingerprint density at radius 3 is 2.27 bits per heavy atom. The maximum Gasteiger partial charge on any atom is 0.269 e. The molecule has 0 radical (unpaired) electrons. The Bertz CT molecular complexity index is 1010. The summed E-state index contributed by atoms with van der Waals surface area (Å²) in [5, 5.41) is 10.7. The van der Waals surface area contributed by atoms with Gasteiger partial charge < -0.3 is 0 Å². The molecule has 2 aromatic carbocycles. The quantitative estimate of drug-likeness (QED) is 0.353. The first-order chi connectivity index (χ1) is 12.4. The Labute approximate surface area is 155 Å². The molecule has 0 aliphatic heterocycles. The Morgan fingerprint density at radius 2 is 1.65 bits per heavy atom. The lowest BCUT2D eigenvalue weighted by Gasteiger charge is -2.16. The lowest BCUT2D eigenvalue weighted by atomic mass is 10.3. The van der Waals surface area contributed by atoms with E-state index in [1.807, 2.05) is 37.3 Å². The van der Waals surface area contributed by atoms with Crippen LogP contribution in [0.4, 0.5) is 5.69 Å². The third-order valence-electron chi connectivity index (χ3n) is 3.82. The fourth-order valence-corrected chi connectivity index (χ4v) is 5.07. The second-order valence-electron chi connectivity index (χ2n) is 5.56. The van der Waals surface area contributed by atoms with Crippen molar-refractivity contribution in [2.45, 2.75) is 22.0 Å². The Balaban J connectivity index is 1.92. The fraction of sp³-hybridized carbons (Fsp3) is 0.111. The number of hydrogen-bond donors (Lipinski definition) is 0. The van der Waals surface area contributed by atoms with Crippen molar-refractivity contribution in [3.05, 3.63) is 88.7 Å². The van der Waals surface area contributed by atoms with E-state index in [-0.39, 0.29) is 15.8 Å². The van der Waals surface area contributed by atoms with Crippen LogP contribution in [0.25, 0.3) is 0 Å². The number of benzene rings is 2. The zero-order valence-corrected chi connectivity index (χ0v) is 15.5. The molecule has 0 bridgehead atoms. The van der Waals surface area contributed by atoms with Crippen molar-refractivity contribution in [1.82, 2.24) is 3.97 Å². The molecule has 0 aliphatic carbocycles. The monoisotopic (exact) mass is 388 g/mol. The molecule has 0 spiro atoms. The number of rotatable bonds is 6. The molecule has 3 rings (SSSR count). The third-order valence-corrected chi connectivity index (χ3v) is 6.68.